The molecule has 1 fully saturated rings. The van der Waals surface area contributed by atoms with Crippen LogP contribution in [0.15, 0.2) is 48.5 Å². The van der Waals surface area contributed by atoms with Gasteiger partial charge in [-0.3, -0.25) is 9.36 Å². The summed E-state index contributed by atoms with van der Waals surface area (Å²) in [7, 11) is 0. The molecule has 29 heavy (non-hydrogen) atoms. The Hall–Kier alpha value is -2.80. The summed E-state index contributed by atoms with van der Waals surface area (Å²) in [4.78, 5) is 31.8. The molecular formula is C22H23N3O3S. The maximum absolute atomic E-state index is 13.2. The summed E-state index contributed by atoms with van der Waals surface area (Å²) in [6, 6.07) is 15.0. The van der Waals surface area contributed by atoms with Crippen LogP contribution in [0.25, 0.3) is 16.7 Å². The first-order chi connectivity index (χ1) is 14.1. The number of aromatic nitrogens is 2. The molecule has 4 rings (SSSR count). The van der Waals surface area contributed by atoms with E-state index in [1.54, 1.807) is 23.6 Å². The van der Waals surface area contributed by atoms with Crippen LogP contribution >= 0.6 is 11.8 Å². The van der Waals surface area contributed by atoms with Crippen LogP contribution in [-0.4, -0.2) is 57.0 Å². The lowest BCUT2D eigenvalue weighted by Crippen LogP contribution is -2.51. The first-order valence-corrected chi connectivity index (χ1v) is 10.9. The molecule has 6 nitrogen and oxygen atoms in total. The first-order valence-electron chi connectivity index (χ1n) is 9.70. The zero-order chi connectivity index (χ0) is 20.4. The maximum Gasteiger partial charge on any atom is 0.329 e. The molecule has 1 aliphatic heterocycles. The van der Waals surface area contributed by atoms with Gasteiger partial charge in [-0.15, -0.1) is 0 Å². The van der Waals surface area contributed by atoms with E-state index in [-0.39, 0.29) is 11.9 Å². The number of carbonyl (C=O) groups excluding carboxylic acids is 2. The molecule has 2 heterocycles. The molecule has 0 N–H and O–H groups in total. The normalized spacial score (nSPS) is 16.8. The highest BCUT2D eigenvalue weighted by atomic mass is 32.2. The minimum atomic E-state index is -0.541. The van der Waals surface area contributed by atoms with Gasteiger partial charge in [-0.25, -0.2) is 9.78 Å². The highest BCUT2D eigenvalue weighted by molar-refractivity contribution is 7.99. The quantitative estimate of drug-likeness (QED) is 0.618. The topological polar surface area (TPSA) is 64.4 Å². The number of thioether (sulfide) groups is 1. The van der Waals surface area contributed by atoms with Crippen LogP contribution < -0.4 is 0 Å². The second-order valence-electron chi connectivity index (χ2n) is 6.87. The van der Waals surface area contributed by atoms with Gasteiger partial charge in [0.1, 0.15) is 11.9 Å². The van der Waals surface area contributed by atoms with E-state index < -0.39 is 6.04 Å². The number of benzene rings is 2. The van der Waals surface area contributed by atoms with Gasteiger partial charge in [0.25, 0.3) is 5.91 Å². The fourth-order valence-electron chi connectivity index (χ4n) is 3.68. The van der Waals surface area contributed by atoms with Crippen LogP contribution in [-0.2, 0) is 9.53 Å². The largest absolute Gasteiger partial charge is 0.464 e. The molecule has 0 radical (unpaired) electrons. The number of hydrogen-bond acceptors (Lipinski definition) is 5. The summed E-state index contributed by atoms with van der Waals surface area (Å²) >= 11 is 1.67. The van der Waals surface area contributed by atoms with Crippen molar-refractivity contribution in [1.29, 1.82) is 0 Å². The molecule has 0 bridgehead atoms. The number of hydrogen-bond donors (Lipinski definition) is 0. The second-order valence-corrected chi connectivity index (χ2v) is 8.02. The summed E-state index contributed by atoms with van der Waals surface area (Å²) in [6.45, 7) is 4.57. The molecule has 0 unspecified atom stereocenters. The highest BCUT2D eigenvalue weighted by Gasteiger charge is 2.34. The van der Waals surface area contributed by atoms with E-state index in [9.17, 15) is 9.59 Å². The molecule has 1 aromatic heterocycles. The molecule has 0 spiro atoms. The van der Waals surface area contributed by atoms with Crippen molar-refractivity contribution >= 4 is 34.7 Å². The van der Waals surface area contributed by atoms with Crippen molar-refractivity contribution in [2.24, 2.45) is 0 Å². The predicted molar refractivity (Wildman–Crippen MR) is 115 cm³/mol. The van der Waals surface area contributed by atoms with E-state index in [0.29, 0.717) is 24.5 Å². The van der Waals surface area contributed by atoms with Crippen molar-refractivity contribution in [1.82, 2.24) is 14.5 Å². The molecule has 1 amide bonds. The molecule has 150 valence electrons. The average molecular weight is 410 g/mol. The standard InChI is InChI=1S/C22H23N3O3S/c1-3-28-22(27)20-14-29-12-11-24(20)21(26)16-9-10-19-18(13-16)23-15(2)25(19)17-7-5-4-6-8-17/h4-10,13,20H,3,11-12,14H2,1-2H3/t20-/m1/s1. The Morgan fingerprint density at radius 1 is 1.21 bits per heavy atom. The predicted octanol–water partition coefficient (Wildman–Crippen LogP) is 3.45. The van der Waals surface area contributed by atoms with Crippen LogP contribution in [0.3, 0.4) is 0 Å². The molecular weight excluding hydrogens is 386 g/mol. The number of rotatable bonds is 4. The van der Waals surface area contributed by atoms with Gasteiger partial charge in [0.2, 0.25) is 0 Å². The van der Waals surface area contributed by atoms with Crippen LogP contribution in [0.2, 0.25) is 0 Å². The van der Waals surface area contributed by atoms with Gasteiger partial charge in [-0.05, 0) is 44.2 Å². The number of imidazole rings is 1. The van der Waals surface area contributed by atoms with Crippen LogP contribution in [0.1, 0.15) is 23.1 Å². The molecule has 1 aliphatic rings. The maximum atomic E-state index is 13.2. The number of amides is 1. The van der Waals surface area contributed by atoms with E-state index >= 15 is 0 Å². The van der Waals surface area contributed by atoms with Gasteiger partial charge >= 0.3 is 5.97 Å². The lowest BCUT2D eigenvalue weighted by Gasteiger charge is -2.33. The summed E-state index contributed by atoms with van der Waals surface area (Å²) in [5.74, 6) is 1.74. The average Bonchev–Trinajstić information content (AvgIpc) is 3.08. The third kappa shape index (κ3) is 3.74. The van der Waals surface area contributed by atoms with E-state index in [1.165, 1.54) is 0 Å². The van der Waals surface area contributed by atoms with E-state index in [1.807, 2.05) is 55.5 Å². The molecule has 1 atom stereocenters. The number of carbonyl (C=O) groups is 2. The summed E-state index contributed by atoms with van der Waals surface area (Å²) in [5, 5.41) is 0. The SMILES string of the molecule is CCOC(=O)[C@H]1CSCCN1C(=O)c1ccc2c(c1)nc(C)n2-c1ccccc1. The number of nitrogens with zero attached hydrogens (tertiary/aromatic N) is 3. The second kappa shape index (κ2) is 8.29. The Kier molecular flexibility index (Phi) is 5.58. The highest BCUT2D eigenvalue weighted by Crippen LogP contribution is 2.25. The van der Waals surface area contributed by atoms with Gasteiger partial charge in [0.15, 0.2) is 0 Å². The van der Waals surface area contributed by atoms with Crippen molar-refractivity contribution < 1.29 is 14.3 Å². The van der Waals surface area contributed by atoms with Crippen molar-refractivity contribution in [3.63, 3.8) is 0 Å². The number of para-hydroxylation sites is 1. The number of fused-ring (bicyclic) bond motifs is 1. The molecule has 2 aromatic carbocycles. The van der Waals surface area contributed by atoms with Gasteiger partial charge in [-0.1, -0.05) is 18.2 Å². The minimum Gasteiger partial charge on any atom is -0.464 e. The van der Waals surface area contributed by atoms with E-state index in [4.69, 9.17) is 4.74 Å². The van der Waals surface area contributed by atoms with Gasteiger partial charge < -0.3 is 9.64 Å². The van der Waals surface area contributed by atoms with E-state index in [2.05, 4.69) is 9.55 Å². The minimum absolute atomic E-state index is 0.155. The van der Waals surface area contributed by atoms with Crippen molar-refractivity contribution in [3.05, 3.63) is 59.9 Å². The van der Waals surface area contributed by atoms with E-state index in [0.717, 1.165) is 28.3 Å². The first kappa shape index (κ1) is 19.5. The lowest BCUT2D eigenvalue weighted by atomic mass is 10.1. The van der Waals surface area contributed by atoms with Gasteiger partial charge in [0, 0.05) is 29.3 Å². The fraction of sp³-hybridized carbons (Fsp3) is 0.318. The summed E-state index contributed by atoms with van der Waals surface area (Å²) in [6.07, 6.45) is 0. The van der Waals surface area contributed by atoms with Crippen LogP contribution in [0.5, 0.6) is 0 Å². The molecule has 7 heteroatoms. The number of esters is 1. The summed E-state index contributed by atoms with van der Waals surface area (Å²) in [5.41, 5.74) is 3.27. The Morgan fingerprint density at radius 3 is 2.76 bits per heavy atom. The Balaban J connectivity index is 1.67. The molecule has 1 saturated heterocycles. The Bertz CT molecular complexity index is 1050. The van der Waals surface area contributed by atoms with Gasteiger partial charge in [0.05, 0.1) is 17.6 Å². The lowest BCUT2D eigenvalue weighted by molar-refractivity contribution is -0.147. The van der Waals surface area contributed by atoms with Crippen molar-refractivity contribution in [3.8, 4) is 5.69 Å². The Labute approximate surface area is 173 Å². The van der Waals surface area contributed by atoms with Gasteiger partial charge in [-0.2, -0.15) is 11.8 Å². The third-order valence-corrected chi connectivity index (χ3v) is 6.05. The third-order valence-electron chi connectivity index (χ3n) is 5.03. The molecule has 3 aromatic rings. The number of ether oxygens (including phenoxy) is 1. The fourth-order valence-corrected chi connectivity index (χ4v) is 4.71. The smallest absolute Gasteiger partial charge is 0.329 e. The van der Waals surface area contributed by atoms with Crippen molar-refractivity contribution in [2.45, 2.75) is 19.9 Å². The summed E-state index contributed by atoms with van der Waals surface area (Å²) < 4.78 is 7.25. The molecule has 0 aliphatic carbocycles. The Morgan fingerprint density at radius 2 is 2.00 bits per heavy atom. The number of aryl methyl sites for hydroxylation is 1. The molecule has 0 saturated carbocycles. The van der Waals surface area contributed by atoms with Crippen molar-refractivity contribution in [2.75, 3.05) is 24.7 Å². The zero-order valence-corrected chi connectivity index (χ0v) is 17.3. The van der Waals surface area contributed by atoms with Crippen LogP contribution in [0, 0.1) is 6.92 Å². The van der Waals surface area contributed by atoms with Crippen LogP contribution in [0.4, 0.5) is 0 Å². The monoisotopic (exact) mass is 409 g/mol. The zero-order valence-electron chi connectivity index (χ0n) is 16.5.